The lowest BCUT2D eigenvalue weighted by molar-refractivity contribution is -0.870. The Kier molecular flexibility index (Phi) is 27.2. The fourth-order valence-electron chi connectivity index (χ4n) is 4.45. The fraction of sp³-hybridized carbons (Fsp3) is 0.800. The van der Waals surface area contributed by atoms with Crippen molar-refractivity contribution in [2.24, 2.45) is 0 Å². The van der Waals surface area contributed by atoms with Crippen LogP contribution < -0.4 is 10.2 Å². The summed E-state index contributed by atoms with van der Waals surface area (Å²) >= 11 is 0. The predicted octanol–water partition coefficient (Wildman–Crippen LogP) is 7.77. The average Bonchev–Trinajstić information content (AvgIpc) is 2.95. The molecule has 0 saturated carbocycles. The third kappa shape index (κ3) is 29.4. The summed E-state index contributed by atoms with van der Waals surface area (Å²) in [5.41, 5.74) is 0. The average molecular weight is 643 g/mol. The maximum absolute atomic E-state index is 12.7. The summed E-state index contributed by atoms with van der Waals surface area (Å²) in [7, 11) is 1.23. The zero-order valence-electron chi connectivity index (χ0n) is 28.9. The first-order chi connectivity index (χ1) is 21.0. The third-order valence-electron chi connectivity index (χ3n) is 7.32. The van der Waals surface area contributed by atoms with Crippen molar-refractivity contribution in [2.75, 3.05) is 40.9 Å². The van der Waals surface area contributed by atoms with E-state index in [0.29, 0.717) is 17.4 Å². The molecule has 0 bridgehead atoms. The van der Waals surface area contributed by atoms with Gasteiger partial charge in [0, 0.05) is 6.42 Å². The quantitative estimate of drug-likeness (QED) is 0.0359. The largest absolute Gasteiger partial charge is 0.756 e. The molecule has 0 aliphatic heterocycles. The molecule has 3 unspecified atom stereocenters. The van der Waals surface area contributed by atoms with Crippen LogP contribution in [0.15, 0.2) is 36.5 Å². The smallest absolute Gasteiger partial charge is 0.268 e. The molecule has 44 heavy (non-hydrogen) atoms. The number of hydrogen-bond acceptors (Lipinski definition) is 6. The van der Waals surface area contributed by atoms with Crippen LogP contribution in [-0.4, -0.2) is 68.5 Å². The zero-order valence-corrected chi connectivity index (χ0v) is 29.7. The Morgan fingerprint density at radius 1 is 0.773 bits per heavy atom. The highest BCUT2D eigenvalue weighted by Gasteiger charge is 2.23. The van der Waals surface area contributed by atoms with E-state index >= 15 is 0 Å². The summed E-state index contributed by atoms with van der Waals surface area (Å²) in [4.78, 5) is 25.0. The fourth-order valence-corrected chi connectivity index (χ4v) is 5.18. The summed E-state index contributed by atoms with van der Waals surface area (Å²) in [6, 6.07) is -0.902. The van der Waals surface area contributed by atoms with E-state index in [2.05, 4.69) is 43.5 Å². The second-order valence-electron chi connectivity index (χ2n) is 12.9. The molecule has 2 N–H and O–H groups in total. The van der Waals surface area contributed by atoms with Gasteiger partial charge >= 0.3 is 0 Å². The Balaban J connectivity index is 4.67. The van der Waals surface area contributed by atoms with Crippen LogP contribution in [0.25, 0.3) is 0 Å². The van der Waals surface area contributed by atoms with E-state index in [-0.39, 0.29) is 12.5 Å². The van der Waals surface area contributed by atoms with Crippen LogP contribution in [0.5, 0.6) is 0 Å². The Morgan fingerprint density at radius 2 is 1.27 bits per heavy atom. The van der Waals surface area contributed by atoms with Gasteiger partial charge in [0.1, 0.15) is 13.2 Å². The molecule has 0 aromatic rings. The van der Waals surface area contributed by atoms with Crippen LogP contribution in [0.3, 0.4) is 0 Å². The number of unbranched alkanes of at least 4 members (excludes halogenated alkanes) is 13. The van der Waals surface area contributed by atoms with Gasteiger partial charge in [0.15, 0.2) is 0 Å². The predicted molar refractivity (Wildman–Crippen MR) is 182 cm³/mol. The highest BCUT2D eigenvalue weighted by Crippen LogP contribution is 2.38. The lowest BCUT2D eigenvalue weighted by Gasteiger charge is -2.29. The van der Waals surface area contributed by atoms with Gasteiger partial charge in [-0.25, -0.2) is 0 Å². The van der Waals surface area contributed by atoms with E-state index < -0.39 is 26.6 Å². The molecule has 8 nitrogen and oxygen atoms in total. The molecule has 0 fully saturated rings. The molecular weight excluding hydrogens is 575 g/mol. The number of hydrogen-bond donors (Lipinski definition) is 2. The maximum Gasteiger partial charge on any atom is 0.268 e. The molecule has 258 valence electrons. The summed E-state index contributed by atoms with van der Waals surface area (Å²) in [6.45, 7) is 4.51. The van der Waals surface area contributed by atoms with E-state index in [1.165, 1.54) is 51.4 Å². The van der Waals surface area contributed by atoms with Crippen molar-refractivity contribution in [3.63, 3.8) is 0 Å². The Morgan fingerprint density at radius 3 is 1.89 bits per heavy atom. The highest BCUT2D eigenvalue weighted by atomic mass is 31.2. The minimum absolute atomic E-state index is 0.00880. The molecule has 0 spiro atoms. The van der Waals surface area contributed by atoms with Gasteiger partial charge < -0.3 is 28.8 Å². The number of carbonyl (C=O) groups excluding carboxylic acids is 1. The Hall–Kier alpha value is -1.28. The van der Waals surface area contributed by atoms with E-state index in [0.717, 1.165) is 57.8 Å². The van der Waals surface area contributed by atoms with E-state index in [1.54, 1.807) is 6.08 Å². The number of nitrogens with zero attached hydrogens (tertiary/aromatic N) is 1. The van der Waals surface area contributed by atoms with Gasteiger partial charge in [0.05, 0.1) is 39.9 Å². The molecule has 0 heterocycles. The number of carbonyl (C=O) groups is 1. The number of phosphoric acid groups is 1. The molecular formula is C35H67N2O6P. The normalized spacial score (nSPS) is 15.3. The van der Waals surface area contributed by atoms with Crippen molar-refractivity contribution in [3.8, 4) is 0 Å². The molecule has 1 amide bonds. The van der Waals surface area contributed by atoms with Crippen molar-refractivity contribution < 1.29 is 32.9 Å². The van der Waals surface area contributed by atoms with Crippen LogP contribution in [0.1, 0.15) is 129 Å². The highest BCUT2D eigenvalue weighted by molar-refractivity contribution is 7.45. The maximum atomic E-state index is 12.7. The molecule has 0 aliphatic carbocycles. The number of likely N-dealkylation sites (N-methyl/N-ethyl adjacent to an activating group) is 1. The molecule has 0 aromatic heterocycles. The number of quaternary nitrogens is 1. The summed E-state index contributed by atoms with van der Waals surface area (Å²) in [6.07, 6.45) is 30.5. The van der Waals surface area contributed by atoms with Gasteiger partial charge in [-0.3, -0.25) is 9.36 Å². The van der Waals surface area contributed by atoms with Crippen LogP contribution >= 0.6 is 7.82 Å². The lowest BCUT2D eigenvalue weighted by atomic mass is 10.1. The van der Waals surface area contributed by atoms with Gasteiger partial charge in [-0.2, -0.15) is 0 Å². The number of allylic oxidation sites excluding steroid dienone is 5. The number of amides is 1. The van der Waals surface area contributed by atoms with Gasteiger partial charge in [0.25, 0.3) is 7.82 Å². The summed E-state index contributed by atoms with van der Waals surface area (Å²) in [5, 5.41) is 13.6. The van der Waals surface area contributed by atoms with Crippen molar-refractivity contribution >= 4 is 13.7 Å². The second kappa shape index (κ2) is 28.0. The molecule has 0 saturated heterocycles. The van der Waals surface area contributed by atoms with Crippen LogP contribution in [0.2, 0.25) is 0 Å². The molecule has 0 aromatic carbocycles. The monoisotopic (exact) mass is 642 g/mol. The molecule has 3 atom stereocenters. The Labute approximate surface area is 270 Å². The molecule has 0 radical (unpaired) electrons. The minimum atomic E-state index is -4.58. The number of aliphatic hydroxyl groups is 1. The van der Waals surface area contributed by atoms with Gasteiger partial charge in [-0.15, -0.1) is 0 Å². The first-order valence-corrected chi connectivity index (χ1v) is 18.8. The molecule has 0 rings (SSSR count). The van der Waals surface area contributed by atoms with E-state index in [9.17, 15) is 19.4 Å². The number of aliphatic hydroxyl groups excluding tert-OH is 1. The first kappa shape index (κ1) is 42.7. The van der Waals surface area contributed by atoms with Crippen LogP contribution in [0, 0.1) is 0 Å². The minimum Gasteiger partial charge on any atom is -0.756 e. The van der Waals surface area contributed by atoms with Gasteiger partial charge in [-0.05, 0) is 57.8 Å². The topological polar surface area (TPSA) is 108 Å². The summed E-state index contributed by atoms with van der Waals surface area (Å²) < 4.78 is 23.0. The second-order valence-corrected chi connectivity index (χ2v) is 14.3. The number of rotatable bonds is 30. The van der Waals surface area contributed by atoms with Crippen molar-refractivity contribution in [2.45, 2.75) is 142 Å². The van der Waals surface area contributed by atoms with Crippen LogP contribution in [-0.2, 0) is 18.4 Å². The van der Waals surface area contributed by atoms with Gasteiger partial charge in [0.2, 0.25) is 5.91 Å². The first-order valence-electron chi connectivity index (χ1n) is 17.4. The zero-order chi connectivity index (χ0) is 32.9. The van der Waals surface area contributed by atoms with E-state index in [4.69, 9.17) is 9.05 Å². The van der Waals surface area contributed by atoms with Gasteiger partial charge in [-0.1, -0.05) is 102 Å². The van der Waals surface area contributed by atoms with Crippen molar-refractivity contribution in [1.82, 2.24) is 5.32 Å². The number of phosphoric ester groups is 1. The standard InChI is InChI=1S/C35H67N2O6P/c1-6-8-10-12-14-16-18-19-21-23-25-27-29-35(39)36-33(32-43-44(40,41)42-31-30-37(3,4)5)34(38)28-26-24-22-20-17-15-13-11-9-7-2/h14,16-17,20,26,28,33-34,38H,6-13,15,18-19,21-25,27,29-32H2,1-5H3,(H-,36,39,40,41)/b16-14-,20-17+,28-26+. The number of nitrogens with one attached hydrogen (secondary N) is 1. The third-order valence-corrected chi connectivity index (χ3v) is 8.29. The van der Waals surface area contributed by atoms with Crippen molar-refractivity contribution in [1.29, 1.82) is 0 Å². The van der Waals surface area contributed by atoms with Crippen LogP contribution in [0.4, 0.5) is 0 Å². The lowest BCUT2D eigenvalue weighted by Crippen LogP contribution is -2.45. The molecule has 9 heteroatoms. The summed E-state index contributed by atoms with van der Waals surface area (Å²) in [5.74, 6) is -0.223. The van der Waals surface area contributed by atoms with E-state index in [1.807, 2.05) is 27.2 Å². The SMILES string of the molecule is CCCCC/C=C\CCCCCCCC(=O)NC(COP(=O)([O-])OCC[N+](C)(C)C)C(O)/C=C/CC/C=C/CCCCCC. The van der Waals surface area contributed by atoms with Crippen molar-refractivity contribution in [3.05, 3.63) is 36.5 Å². The Bertz CT molecular complexity index is 825. The molecule has 0 aliphatic rings.